The number of H-pyrrole nitrogens is 1. The molecule has 0 aromatic carbocycles. The van der Waals surface area contributed by atoms with Crippen LogP contribution in [0.15, 0.2) is 33.5 Å². The first kappa shape index (κ1) is 10.5. The highest BCUT2D eigenvalue weighted by atomic mass is 32.2. The van der Waals surface area contributed by atoms with E-state index in [0.717, 1.165) is 10.6 Å². The number of aromatic nitrogens is 4. The zero-order chi connectivity index (χ0) is 11.8. The quantitative estimate of drug-likeness (QED) is 0.718. The first-order chi connectivity index (χ1) is 8.29. The topological polar surface area (TPSA) is 63.0 Å². The van der Waals surface area contributed by atoms with Crippen molar-refractivity contribution < 1.29 is 0 Å². The maximum Gasteiger partial charge on any atom is 0.290 e. The molecular formula is C10H8N4OS2. The van der Waals surface area contributed by atoms with Crippen LogP contribution in [0.5, 0.6) is 0 Å². The summed E-state index contributed by atoms with van der Waals surface area (Å²) in [6, 6.07) is 5.72. The molecule has 0 aliphatic heterocycles. The van der Waals surface area contributed by atoms with Gasteiger partial charge in [0.2, 0.25) is 5.16 Å². The normalized spacial score (nSPS) is 11.1. The lowest BCUT2D eigenvalue weighted by molar-refractivity contribution is 0.730. The minimum Gasteiger partial charge on any atom is -0.266 e. The maximum absolute atomic E-state index is 11.6. The first-order valence-electron chi connectivity index (χ1n) is 4.86. The van der Waals surface area contributed by atoms with E-state index in [2.05, 4.69) is 15.3 Å². The molecule has 0 saturated carbocycles. The van der Waals surface area contributed by atoms with Crippen molar-refractivity contribution in [3.63, 3.8) is 0 Å². The van der Waals surface area contributed by atoms with Crippen LogP contribution in [0.25, 0.3) is 16.1 Å². The highest BCUT2D eigenvalue weighted by Gasteiger charge is 2.11. The minimum atomic E-state index is -0.224. The molecule has 86 valence electrons. The Kier molecular flexibility index (Phi) is 2.49. The Bertz CT molecular complexity index is 714. The number of hydrogen-bond donors (Lipinski definition) is 1. The standard InChI is InChI=1S/C10H8N4OS2/c1-16-10-12-11-9(15)7-5-6(13-14(7)10)8-3-2-4-17-8/h2-5H,1H3,(H,11,15). The zero-order valence-corrected chi connectivity index (χ0v) is 10.5. The molecule has 0 amide bonds. The van der Waals surface area contributed by atoms with Crippen LogP contribution in [-0.2, 0) is 0 Å². The van der Waals surface area contributed by atoms with Gasteiger partial charge in [-0.15, -0.1) is 16.4 Å². The smallest absolute Gasteiger partial charge is 0.266 e. The van der Waals surface area contributed by atoms with Gasteiger partial charge in [0.05, 0.1) is 4.88 Å². The predicted molar refractivity (Wildman–Crippen MR) is 68.7 cm³/mol. The van der Waals surface area contributed by atoms with Gasteiger partial charge < -0.3 is 0 Å². The molecule has 0 atom stereocenters. The second kappa shape index (κ2) is 4.01. The molecule has 0 bridgehead atoms. The SMILES string of the molecule is CSc1n[nH]c(=O)c2cc(-c3cccs3)nn12. The van der Waals surface area contributed by atoms with Crippen LogP contribution in [0, 0.1) is 0 Å². The van der Waals surface area contributed by atoms with Crippen molar-refractivity contribution in [2.45, 2.75) is 5.16 Å². The summed E-state index contributed by atoms with van der Waals surface area (Å²) in [6.45, 7) is 0. The molecule has 0 aliphatic carbocycles. The van der Waals surface area contributed by atoms with E-state index < -0.39 is 0 Å². The van der Waals surface area contributed by atoms with Gasteiger partial charge in [0, 0.05) is 0 Å². The van der Waals surface area contributed by atoms with E-state index >= 15 is 0 Å². The minimum absolute atomic E-state index is 0.224. The Hall–Kier alpha value is -1.60. The number of rotatable bonds is 2. The number of nitrogens with one attached hydrogen (secondary N) is 1. The van der Waals surface area contributed by atoms with Gasteiger partial charge in [0.25, 0.3) is 5.56 Å². The van der Waals surface area contributed by atoms with Crippen LogP contribution in [-0.4, -0.2) is 26.1 Å². The van der Waals surface area contributed by atoms with Gasteiger partial charge >= 0.3 is 0 Å². The average Bonchev–Trinajstić information content (AvgIpc) is 2.98. The highest BCUT2D eigenvalue weighted by Crippen LogP contribution is 2.24. The van der Waals surface area contributed by atoms with Gasteiger partial charge in [-0.1, -0.05) is 17.8 Å². The second-order valence-electron chi connectivity index (χ2n) is 3.34. The predicted octanol–water partition coefficient (Wildman–Crippen LogP) is 1.87. The van der Waals surface area contributed by atoms with E-state index in [1.807, 2.05) is 23.8 Å². The van der Waals surface area contributed by atoms with E-state index in [4.69, 9.17) is 0 Å². The number of fused-ring (bicyclic) bond motifs is 1. The van der Waals surface area contributed by atoms with Crippen molar-refractivity contribution in [3.8, 4) is 10.6 Å². The molecule has 5 nitrogen and oxygen atoms in total. The summed E-state index contributed by atoms with van der Waals surface area (Å²) in [5.74, 6) is 0. The summed E-state index contributed by atoms with van der Waals surface area (Å²) in [4.78, 5) is 12.7. The molecule has 3 aromatic rings. The summed E-state index contributed by atoms with van der Waals surface area (Å²) in [7, 11) is 0. The van der Waals surface area contributed by atoms with Gasteiger partial charge in [-0.25, -0.2) is 9.61 Å². The summed E-state index contributed by atoms with van der Waals surface area (Å²) in [5.41, 5.74) is 1.10. The Morgan fingerprint density at radius 1 is 1.53 bits per heavy atom. The molecule has 3 aromatic heterocycles. The third-order valence-corrected chi connectivity index (χ3v) is 3.85. The Labute approximate surface area is 104 Å². The summed E-state index contributed by atoms with van der Waals surface area (Å²) in [5, 5.41) is 13.5. The van der Waals surface area contributed by atoms with Crippen LogP contribution < -0.4 is 5.56 Å². The number of hydrogen-bond acceptors (Lipinski definition) is 5. The number of nitrogens with zero attached hydrogens (tertiary/aromatic N) is 3. The lowest BCUT2D eigenvalue weighted by atomic mass is 10.3. The van der Waals surface area contributed by atoms with Crippen LogP contribution in [0.2, 0.25) is 0 Å². The lowest BCUT2D eigenvalue weighted by Gasteiger charge is -1.97. The van der Waals surface area contributed by atoms with E-state index in [9.17, 15) is 4.79 Å². The van der Waals surface area contributed by atoms with Gasteiger partial charge in [-0.05, 0) is 23.8 Å². The number of aromatic amines is 1. The lowest BCUT2D eigenvalue weighted by Crippen LogP contribution is -2.13. The van der Waals surface area contributed by atoms with Gasteiger partial charge in [0.15, 0.2) is 0 Å². The summed E-state index contributed by atoms with van der Waals surface area (Å²) < 4.78 is 1.58. The van der Waals surface area contributed by atoms with Crippen LogP contribution in [0.1, 0.15) is 0 Å². The second-order valence-corrected chi connectivity index (χ2v) is 5.06. The fraction of sp³-hybridized carbons (Fsp3) is 0.100. The number of thioether (sulfide) groups is 1. The maximum atomic E-state index is 11.6. The Balaban J connectivity index is 2.32. The Morgan fingerprint density at radius 3 is 3.12 bits per heavy atom. The molecule has 0 radical (unpaired) electrons. The van der Waals surface area contributed by atoms with E-state index in [-0.39, 0.29) is 5.56 Å². The van der Waals surface area contributed by atoms with Crippen LogP contribution in [0.3, 0.4) is 0 Å². The van der Waals surface area contributed by atoms with E-state index in [1.54, 1.807) is 21.9 Å². The van der Waals surface area contributed by atoms with Crippen molar-refractivity contribution in [1.29, 1.82) is 0 Å². The first-order valence-corrected chi connectivity index (χ1v) is 6.96. The highest BCUT2D eigenvalue weighted by molar-refractivity contribution is 7.98. The summed E-state index contributed by atoms with van der Waals surface area (Å²) >= 11 is 3.04. The largest absolute Gasteiger partial charge is 0.290 e. The van der Waals surface area contributed by atoms with Crippen molar-refractivity contribution in [3.05, 3.63) is 33.9 Å². The molecule has 3 rings (SSSR count). The molecule has 0 unspecified atom stereocenters. The van der Waals surface area contributed by atoms with E-state index in [0.29, 0.717) is 10.7 Å². The molecule has 0 fully saturated rings. The monoisotopic (exact) mass is 264 g/mol. The van der Waals surface area contributed by atoms with Gasteiger partial charge in [-0.3, -0.25) is 4.79 Å². The van der Waals surface area contributed by atoms with Crippen LogP contribution in [0.4, 0.5) is 0 Å². The molecule has 17 heavy (non-hydrogen) atoms. The van der Waals surface area contributed by atoms with E-state index in [1.165, 1.54) is 11.8 Å². The van der Waals surface area contributed by atoms with Crippen molar-refractivity contribution >= 4 is 28.6 Å². The Morgan fingerprint density at radius 2 is 2.41 bits per heavy atom. The average molecular weight is 264 g/mol. The summed E-state index contributed by atoms with van der Waals surface area (Å²) in [6.07, 6.45) is 1.90. The molecular weight excluding hydrogens is 256 g/mol. The number of thiophene rings is 1. The molecule has 1 N–H and O–H groups in total. The third kappa shape index (κ3) is 1.67. The molecule has 3 heterocycles. The van der Waals surface area contributed by atoms with Gasteiger partial charge in [-0.2, -0.15) is 5.10 Å². The van der Waals surface area contributed by atoms with Crippen molar-refractivity contribution in [2.75, 3.05) is 6.26 Å². The molecule has 7 heteroatoms. The molecule has 0 spiro atoms. The fourth-order valence-electron chi connectivity index (χ4n) is 1.57. The molecule has 0 aliphatic rings. The third-order valence-electron chi connectivity index (χ3n) is 2.33. The molecule has 0 saturated heterocycles. The van der Waals surface area contributed by atoms with Gasteiger partial charge in [0.1, 0.15) is 11.2 Å². The zero-order valence-electron chi connectivity index (χ0n) is 8.88. The van der Waals surface area contributed by atoms with Crippen LogP contribution >= 0.6 is 23.1 Å². The van der Waals surface area contributed by atoms with Crippen molar-refractivity contribution in [1.82, 2.24) is 19.8 Å². The fourth-order valence-corrected chi connectivity index (χ4v) is 2.70. The van der Waals surface area contributed by atoms with Crippen molar-refractivity contribution in [2.24, 2.45) is 0 Å².